The number of rotatable bonds is 3. The lowest BCUT2D eigenvalue weighted by Gasteiger charge is -2.28. The zero-order chi connectivity index (χ0) is 8.91. The molecular formula is C8H19N3. The van der Waals surface area contributed by atoms with E-state index < -0.39 is 0 Å². The lowest BCUT2D eigenvalue weighted by Crippen LogP contribution is -2.48. The summed E-state index contributed by atoms with van der Waals surface area (Å²) < 4.78 is 0. The fourth-order valence-corrected chi connectivity index (χ4v) is 0.792. The van der Waals surface area contributed by atoms with Crippen LogP contribution in [0.25, 0.3) is 0 Å². The molecule has 0 atom stereocenters. The third kappa shape index (κ3) is 3.25. The molecule has 0 heterocycles. The SMILES string of the molecule is CCC(C)(CC)NC(N)=NC. The van der Waals surface area contributed by atoms with E-state index in [0.29, 0.717) is 5.96 Å². The fraction of sp³-hybridized carbons (Fsp3) is 0.875. The zero-order valence-corrected chi connectivity index (χ0v) is 7.94. The van der Waals surface area contributed by atoms with Crippen molar-refractivity contribution < 1.29 is 0 Å². The minimum atomic E-state index is 0.101. The summed E-state index contributed by atoms with van der Waals surface area (Å²) in [6, 6.07) is 0. The zero-order valence-electron chi connectivity index (χ0n) is 7.94. The second kappa shape index (κ2) is 4.21. The largest absolute Gasteiger partial charge is 0.370 e. The molecule has 0 rings (SSSR count). The van der Waals surface area contributed by atoms with Gasteiger partial charge in [0.25, 0.3) is 0 Å². The first kappa shape index (κ1) is 10.3. The number of nitrogens with zero attached hydrogens (tertiary/aromatic N) is 1. The highest BCUT2D eigenvalue weighted by molar-refractivity contribution is 5.78. The van der Waals surface area contributed by atoms with E-state index in [1.165, 1.54) is 0 Å². The Morgan fingerprint density at radius 1 is 1.45 bits per heavy atom. The van der Waals surface area contributed by atoms with Crippen LogP contribution in [0.1, 0.15) is 33.6 Å². The molecule has 0 aromatic rings. The molecule has 0 bridgehead atoms. The summed E-state index contributed by atoms with van der Waals surface area (Å²) in [5, 5.41) is 3.17. The van der Waals surface area contributed by atoms with Gasteiger partial charge in [0, 0.05) is 12.6 Å². The van der Waals surface area contributed by atoms with Gasteiger partial charge in [-0.3, -0.25) is 4.99 Å². The maximum Gasteiger partial charge on any atom is 0.188 e. The highest BCUT2D eigenvalue weighted by atomic mass is 15.1. The van der Waals surface area contributed by atoms with Crippen LogP contribution in [0.5, 0.6) is 0 Å². The molecule has 0 spiro atoms. The number of nitrogens with one attached hydrogen (secondary N) is 1. The quantitative estimate of drug-likeness (QED) is 0.476. The summed E-state index contributed by atoms with van der Waals surface area (Å²) in [7, 11) is 1.69. The van der Waals surface area contributed by atoms with Crippen LogP contribution in [0.2, 0.25) is 0 Å². The van der Waals surface area contributed by atoms with Crippen LogP contribution < -0.4 is 11.1 Å². The summed E-state index contributed by atoms with van der Waals surface area (Å²) in [6.45, 7) is 6.42. The molecule has 3 N–H and O–H groups in total. The Bertz CT molecular complexity index is 136. The average molecular weight is 157 g/mol. The van der Waals surface area contributed by atoms with Gasteiger partial charge in [0.05, 0.1) is 0 Å². The average Bonchev–Trinajstić information content (AvgIpc) is 2.04. The van der Waals surface area contributed by atoms with E-state index in [1.54, 1.807) is 7.05 Å². The molecule has 66 valence electrons. The Balaban J connectivity index is 4.08. The lowest BCUT2D eigenvalue weighted by atomic mass is 9.96. The third-order valence-electron chi connectivity index (χ3n) is 2.23. The second-order valence-electron chi connectivity index (χ2n) is 3.00. The first-order valence-electron chi connectivity index (χ1n) is 4.08. The maximum absolute atomic E-state index is 5.55. The van der Waals surface area contributed by atoms with Crippen molar-refractivity contribution in [3.05, 3.63) is 0 Å². The van der Waals surface area contributed by atoms with Gasteiger partial charge < -0.3 is 11.1 Å². The van der Waals surface area contributed by atoms with Crippen LogP contribution in [0, 0.1) is 0 Å². The van der Waals surface area contributed by atoms with Crippen molar-refractivity contribution in [2.24, 2.45) is 10.7 Å². The molecule has 0 unspecified atom stereocenters. The Labute approximate surface area is 69.1 Å². The molecule has 3 nitrogen and oxygen atoms in total. The van der Waals surface area contributed by atoms with E-state index in [-0.39, 0.29) is 5.54 Å². The first-order chi connectivity index (χ1) is 5.08. The van der Waals surface area contributed by atoms with Crippen molar-refractivity contribution in [3.63, 3.8) is 0 Å². The van der Waals surface area contributed by atoms with Gasteiger partial charge >= 0.3 is 0 Å². The molecule has 0 radical (unpaired) electrons. The topological polar surface area (TPSA) is 50.4 Å². The van der Waals surface area contributed by atoms with Gasteiger partial charge in [-0.05, 0) is 19.8 Å². The Kier molecular flexibility index (Phi) is 3.93. The van der Waals surface area contributed by atoms with Crippen molar-refractivity contribution in [2.75, 3.05) is 7.05 Å². The predicted molar refractivity (Wildman–Crippen MR) is 49.7 cm³/mol. The minimum absolute atomic E-state index is 0.101. The van der Waals surface area contributed by atoms with Crippen molar-refractivity contribution >= 4 is 5.96 Å². The summed E-state index contributed by atoms with van der Waals surface area (Å²) in [5.74, 6) is 0.524. The van der Waals surface area contributed by atoms with Crippen LogP contribution in [-0.4, -0.2) is 18.5 Å². The first-order valence-corrected chi connectivity index (χ1v) is 4.08. The van der Waals surface area contributed by atoms with Gasteiger partial charge in [-0.1, -0.05) is 13.8 Å². The van der Waals surface area contributed by atoms with E-state index in [2.05, 4.69) is 31.1 Å². The molecule has 0 aliphatic carbocycles. The molecular weight excluding hydrogens is 138 g/mol. The molecule has 11 heavy (non-hydrogen) atoms. The highest BCUT2D eigenvalue weighted by Crippen LogP contribution is 2.12. The van der Waals surface area contributed by atoms with E-state index in [9.17, 15) is 0 Å². The monoisotopic (exact) mass is 157 g/mol. The Morgan fingerprint density at radius 3 is 2.18 bits per heavy atom. The molecule has 0 aliphatic heterocycles. The smallest absolute Gasteiger partial charge is 0.188 e. The van der Waals surface area contributed by atoms with Crippen LogP contribution in [0.3, 0.4) is 0 Å². The summed E-state index contributed by atoms with van der Waals surface area (Å²) in [6.07, 6.45) is 2.11. The van der Waals surface area contributed by atoms with Crippen molar-refractivity contribution in [1.29, 1.82) is 0 Å². The maximum atomic E-state index is 5.55. The van der Waals surface area contributed by atoms with Gasteiger partial charge in [0.1, 0.15) is 0 Å². The van der Waals surface area contributed by atoms with E-state index in [4.69, 9.17) is 5.73 Å². The van der Waals surface area contributed by atoms with E-state index in [1.807, 2.05) is 0 Å². The Hall–Kier alpha value is -0.730. The van der Waals surface area contributed by atoms with Crippen molar-refractivity contribution in [1.82, 2.24) is 5.32 Å². The second-order valence-corrected chi connectivity index (χ2v) is 3.00. The fourth-order valence-electron chi connectivity index (χ4n) is 0.792. The number of nitrogens with two attached hydrogens (primary N) is 1. The summed E-state index contributed by atoms with van der Waals surface area (Å²) >= 11 is 0. The normalized spacial score (nSPS) is 13.3. The highest BCUT2D eigenvalue weighted by Gasteiger charge is 2.18. The van der Waals surface area contributed by atoms with Crippen LogP contribution >= 0.6 is 0 Å². The lowest BCUT2D eigenvalue weighted by molar-refractivity contribution is 0.387. The third-order valence-corrected chi connectivity index (χ3v) is 2.23. The van der Waals surface area contributed by atoms with Gasteiger partial charge in [-0.2, -0.15) is 0 Å². The van der Waals surface area contributed by atoms with Crippen LogP contribution in [-0.2, 0) is 0 Å². The van der Waals surface area contributed by atoms with E-state index >= 15 is 0 Å². The van der Waals surface area contributed by atoms with Gasteiger partial charge in [0.2, 0.25) is 0 Å². The van der Waals surface area contributed by atoms with Crippen molar-refractivity contribution in [3.8, 4) is 0 Å². The van der Waals surface area contributed by atoms with E-state index in [0.717, 1.165) is 12.8 Å². The number of hydrogen-bond acceptors (Lipinski definition) is 1. The number of hydrogen-bond donors (Lipinski definition) is 2. The standard InChI is InChI=1S/C8H19N3/c1-5-8(3,6-2)11-7(9)10-4/h5-6H2,1-4H3,(H3,9,10,11). The minimum Gasteiger partial charge on any atom is -0.370 e. The molecule has 0 amide bonds. The molecule has 0 aromatic carbocycles. The van der Waals surface area contributed by atoms with Crippen molar-refractivity contribution in [2.45, 2.75) is 39.2 Å². The Morgan fingerprint density at radius 2 is 1.91 bits per heavy atom. The number of guanidine groups is 1. The number of aliphatic imine (C=N–C) groups is 1. The summed E-state index contributed by atoms with van der Waals surface area (Å²) in [4.78, 5) is 3.85. The van der Waals surface area contributed by atoms with Crippen LogP contribution in [0.4, 0.5) is 0 Å². The van der Waals surface area contributed by atoms with Crippen LogP contribution in [0.15, 0.2) is 4.99 Å². The van der Waals surface area contributed by atoms with Gasteiger partial charge in [-0.25, -0.2) is 0 Å². The molecule has 0 fully saturated rings. The molecule has 0 aliphatic rings. The summed E-state index contributed by atoms with van der Waals surface area (Å²) in [5.41, 5.74) is 5.65. The molecule has 3 heteroatoms. The molecule has 0 aromatic heterocycles. The predicted octanol–water partition coefficient (Wildman–Crippen LogP) is 1.10. The van der Waals surface area contributed by atoms with Gasteiger partial charge in [0.15, 0.2) is 5.96 Å². The molecule has 0 saturated carbocycles. The molecule has 0 saturated heterocycles. The van der Waals surface area contributed by atoms with Gasteiger partial charge in [-0.15, -0.1) is 0 Å².